The molecule has 15 heavy (non-hydrogen) atoms. The molecule has 0 aliphatic rings. The number of esters is 1. The van der Waals surface area contributed by atoms with Crippen molar-refractivity contribution in [1.82, 2.24) is 4.98 Å². The second-order valence-electron chi connectivity index (χ2n) is 3.02. The Hall–Kier alpha value is -2.04. The van der Waals surface area contributed by atoms with Crippen molar-refractivity contribution in [1.29, 1.82) is 0 Å². The highest BCUT2D eigenvalue weighted by Gasteiger charge is 2.15. The molecule has 0 aliphatic heterocycles. The minimum atomic E-state index is -0.414. The van der Waals surface area contributed by atoms with Crippen molar-refractivity contribution in [2.45, 2.75) is 6.92 Å². The second-order valence-corrected chi connectivity index (χ2v) is 3.02. The number of aromatic amines is 1. The molecule has 0 radical (unpaired) electrons. The van der Waals surface area contributed by atoms with E-state index >= 15 is 0 Å². The first-order chi connectivity index (χ1) is 7.24. The molecule has 2 aromatic heterocycles. The lowest BCUT2D eigenvalue weighted by Crippen LogP contribution is -2.27. The van der Waals surface area contributed by atoms with E-state index < -0.39 is 5.97 Å². The van der Waals surface area contributed by atoms with E-state index in [-0.39, 0.29) is 0 Å². The van der Waals surface area contributed by atoms with Crippen molar-refractivity contribution in [2.24, 2.45) is 0 Å². The van der Waals surface area contributed by atoms with Crippen molar-refractivity contribution < 1.29 is 14.3 Å². The summed E-state index contributed by atoms with van der Waals surface area (Å²) in [5, 5.41) is 11.9. The van der Waals surface area contributed by atoms with Gasteiger partial charge in [0.15, 0.2) is 0 Å². The first-order valence-corrected chi connectivity index (χ1v) is 4.60. The predicted molar refractivity (Wildman–Crippen MR) is 53.2 cm³/mol. The van der Waals surface area contributed by atoms with Crippen molar-refractivity contribution >= 4 is 17.0 Å². The van der Waals surface area contributed by atoms with Crippen LogP contribution in [0.4, 0.5) is 0 Å². The molecule has 0 bridgehead atoms. The van der Waals surface area contributed by atoms with Crippen LogP contribution in [0, 0.1) is 5.21 Å². The van der Waals surface area contributed by atoms with Crippen LogP contribution < -0.4 is 4.73 Å². The van der Waals surface area contributed by atoms with E-state index in [1.165, 1.54) is 12.3 Å². The number of H-pyrrole nitrogens is 1. The molecule has 0 unspecified atom stereocenters. The van der Waals surface area contributed by atoms with Gasteiger partial charge >= 0.3 is 5.97 Å². The second kappa shape index (κ2) is 3.61. The maximum atomic E-state index is 11.5. The van der Waals surface area contributed by atoms with Crippen LogP contribution in [0.3, 0.4) is 0 Å². The van der Waals surface area contributed by atoms with Crippen LogP contribution in [0.1, 0.15) is 17.3 Å². The number of ether oxygens (including phenoxy) is 1. The molecule has 1 N–H and O–H groups in total. The number of aromatic nitrogens is 2. The maximum Gasteiger partial charge on any atom is 0.339 e. The minimum Gasteiger partial charge on any atom is -0.711 e. The van der Waals surface area contributed by atoms with Gasteiger partial charge in [-0.2, -0.15) is 0 Å². The van der Waals surface area contributed by atoms with Gasteiger partial charge in [0.25, 0.3) is 5.65 Å². The Labute approximate surface area is 85.9 Å². The molecule has 0 aliphatic carbocycles. The predicted octanol–water partition coefficient (Wildman–Crippen LogP) is 0.978. The van der Waals surface area contributed by atoms with Crippen LogP contribution in [-0.4, -0.2) is 17.6 Å². The molecule has 0 amide bonds. The lowest BCUT2D eigenvalue weighted by molar-refractivity contribution is -0.579. The van der Waals surface area contributed by atoms with Crippen LogP contribution in [-0.2, 0) is 4.74 Å². The Morgan fingerprint density at radius 1 is 1.60 bits per heavy atom. The summed E-state index contributed by atoms with van der Waals surface area (Å²) in [5.41, 5.74) is 0.765. The summed E-state index contributed by atoms with van der Waals surface area (Å²) in [6, 6.07) is 3.14. The molecule has 5 heteroatoms. The highest BCUT2D eigenvalue weighted by Crippen LogP contribution is 2.14. The number of pyridine rings is 1. The van der Waals surface area contributed by atoms with E-state index in [0.29, 0.717) is 27.9 Å². The summed E-state index contributed by atoms with van der Waals surface area (Å²) >= 11 is 0. The van der Waals surface area contributed by atoms with Gasteiger partial charge in [-0.3, -0.25) is 0 Å². The minimum absolute atomic E-state index is 0.316. The van der Waals surface area contributed by atoms with Crippen LogP contribution in [0.25, 0.3) is 11.0 Å². The fourth-order valence-corrected chi connectivity index (χ4v) is 1.45. The first-order valence-electron chi connectivity index (χ1n) is 4.60. The number of nitrogens with one attached hydrogen (secondary N) is 1. The molecule has 2 rings (SSSR count). The standard InChI is InChI=1S/C10H10N2O3/c1-2-15-10(13)8-4-6-12(14)9-7(8)3-5-11-9/h3-6,11H,2H2,1H3. The molecule has 0 fully saturated rings. The summed E-state index contributed by atoms with van der Waals surface area (Å²) < 4.78 is 5.56. The van der Waals surface area contributed by atoms with E-state index in [2.05, 4.69) is 4.98 Å². The van der Waals surface area contributed by atoms with Gasteiger partial charge in [-0.15, -0.1) is 0 Å². The third-order valence-corrected chi connectivity index (χ3v) is 2.11. The molecule has 2 aromatic rings. The van der Waals surface area contributed by atoms with Gasteiger partial charge in [-0.05, 0) is 19.1 Å². The lowest BCUT2D eigenvalue weighted by atomic mass is 10.2. The summed E-state index contributed by atoms with van der Waals surface area (Å²) in [7, 11) is 0. The highest BCUT2D eigenvalue weighted by molar-refractivity contribution is 6.01. The van der Waals surface area contributed by atoms with Crippen LogP contribution >= 0.6 is 0 Å². The van der Waals surface area contributed by atoms with Gasteiger partial charge in [-0.1, -0.05) is 0 Å². The fraction of sp³-hybridized carbons (Fsp3) is 0.200. The Kier molecular flexibility index (Phi) is 2.29. The lowest BCUT2D eigenvalue weighted by Gasteiger charge is -2.05. The summed E-state index contributed by atoms with van der Waals surface area (Å²) in [4.78, 5) is 14.3. The first kappa shape index (κ1) is 9.51. The van der Waals surface area contributed by atoms with Gasteiger partial charge in [0.2, 0.25) is 0 Å². The SMILES string of the molecule is CCOC(=O)c1cc[n+]([O-])c2[nH]ccc12. The van der Waals surface area contributed by atoms with E-state index in [1.807, 2.05) is 0 Å². The summed E-state index contributed by atoms with van der Waals surface area (Å²) in [5.74, 6) is -0.414. The average Bonchev–Trinajstić information content (AvgIpc) is 2.68. The van der Waals surface area contributed by atoms with Crippen LogP contribution in [0.15, 0.2) is 24.5 Å². The fourth-order valence-electron chi connectivity index (χ4n) is 1.45. The smallest absolute Gasteiger partial charge is 0.339 e. The third-order valence-electron chi connectivity index (χ3n) is 2.11. The van der Waals surface area contributed by atoms with Gasteiger partial charge in [0.1, 0.15) is 0 Å². The molecular formula is C10H10N2O3. The quantitative estimate of drug-likeness (QED) is 0.452. The Bertz CT molecular complexity index is 504. The Balaban J connectivity index is 2.57. The topological polar surface area (TPSA) is 69.0 Å². The summed E-state index contributed by atoms with van der Waals surface area (Å²) in [6.07, 6.45) is 2.90. The molecule has 0 saturated carbocycles. The molecule has 0 spiro atoms. The number of fused-ring (bicyclic) bond motifs is 1. The maximum absolute atomic E-state index is 11.5. The molecule has 0 saturated heterocycles. The zero-order valence-electron chi connectivity index (χ0n) is 8.19. The normalized spacial score (nSPS) is 10.5. The number of carbonyl (C=O) groups excluding carboxylic acids is 1. The molecule has 2 heterocycles. The number of rotatable bonds is 2. The monoisotopic (exact) mass is 206 g/mol. The van der Waals surface area contributed by atoms with Crippen molar-refractivity contribution in [3.05, 3.63) is 35.3 Å². The van der Waals surface area contributed by atoms with Crippen LogP contribution in [0.5, 0.6) is 0 Å². The van der Waals surface area contributed by atoms with E-state index in [9.17, 15) is 10.0 Å². The van der Waals surface area contributed by atoms with Crippen molar-refractivity contribution in [2.75, 3.05) is 6.61 Å². The number of hydrogen-bond acceptors (Lipinski definition) is 3. The van der Waals surface area contributed by atoms with Crippen molar-refractivity contribution in [3.8, 4) is 0 Å². The molecular weight excluding hydrogens is 196 g/mol. The Morgan fingerprint density at radius 3 is 3.13 bits per heavy atom. The zero-order valence-corrected chi connectivity index (χ0v) is 8.19. The van der Waals surface area contributed by atoms with Crippen LogP contribution in [0.2, 0.25) is 0 Å². The van der Waals surface area contributed by atoms with Gasteiger partial charge < -0.3 is 9.94 Å². The van der Waals surface area contributed by atoms with Crippen molar-refractivity contribution in [3.63, 3.8) is 0 Å². The van der Waals surface area contributed by atoms with E-state index in [0.717, 1.165) is 0 Å². The average molecular weight is 206 g/mol. The number of hydrogen-bond donors (Lipinski definition) is 1. The van der Waals surface area contributed by atoms with Gasteiger partial charge in [0, 0.05) is 0 Å². The molecule has 78 valence electrons. The number of nitrogens with zero attached hydrogens (tertiary/aromatic N) is 1. The summed E-state index contributed by atoms with van der Waals surface area (Å²) in [6.45, 7) is 2.06. The third kappa shape index (κ3) is 1.52. The van der Waals surface area contributed by atoms with Gasteiger partial charge in [-0.25, -0.2) is 14.5 Å². The van der Waals surface area contributed by atoms with Gasteiger partial charge in [0.05, 0.1) is 30.0 Å². The largest absolute Gasteiger partial charge is 0.711 e. The molecule has 0 atom stereocenters. The zero-order chi connectivity index (χ0) is 10.8. The van der Waals surface area contributed by atoms with E-state index in [1.54, 1.807) is 19.2 Å². The highest BCUT2D eigenvalue weighted by atomic mass is 16.5. The molecule has 0 aromatic carbocycles. The Morgan fingerprint density at radius 2 is 2.40 bits per heavy atom. The van der Waals surface area contributed by atoms with E-state index in [4.69, 9.17) is 4.74 Å². The number of carbonyl (C=O) groups is 1. The molecule has 5 nitrogen and oxygen atoms in total.